The van der Waals surface area contributed by atoms with Gasteiger partial charge in [0.05, 0.1) is 10.4 Å². The molecule has 16 heavy (non-hydrogen) atoms. The number of rotatable bonds is 3. The van der Waals surface area contributed by atoms with E-state index in [1.54, 1.807) is 0 Å². The van der Waals surface area contributed by atoms with Crippen LogP contribution in [0.4, 0.5) is 0 Å². The van der Waals surface area contributed by atoms with Crippen molar-refractivity contribution in [2.24, 2.45) is 0 Å². The largest absolute Gasteiger partial charge is 0.348 e. The van der Waals surface area contributed by atoms with E-state index in [-0.39, 0.29) is 11.9 Å². The Hall–Kier alpha value is -0.540. The van der Waals surface area contributed by atoms with E-state index in [1.165, 1.54) is 0 Å². The molecule has 1 amide bonds. The van der Waals surface area contributed by atoms with Crippen LogP contribution in [0.15, 0.2) is 24.3 Å². The van der Waals surface area contributed by atoms with Crippen molar-refractivity contribution in [3.8, 4) is 0 Å². The molecule has 0 aliphatic rings. The lowest BCUT2D eigenvalue weighted by Gasteiger charge is -2.20. The fourth-order valence-corrected chi connectivity index (χ4v) is 1.54. The van der Waals surface area contributed by atoms with Gasteiger partial charge in [-0.05, 0) is 38.5 Å². The normalized spacial score (nSPS) is 13.3. The summed E-state index contributed by atoms with van der Waals surface area (Å²) in [6.45, 7) is 5.56. The first-order chi connectivity index (χ1) is 7.30. The van der Waals surface area contributed by atoms with Crippen LogP contribution >= 0.6 is 27.5 Å². The molecule has 1 aromatic rings. The molecule has 0 heterocycles. The Balaban J connectivity index is 2.73. The fraction of sp³-hybridized carbons (Fsp3) is 0.417. The second kappa shape index (κ2) is 5.19. The Morgan fingerprint density at radius 3 is 2.62 bits per heavy atom. The molecule has 1 rings (SSSR count). The highest BCUT2D eigenvalue weighted by Gasteiger charge is 2.24. The third kappa shape index (κ3) is 3.80. The predicted octanol–water partition coefficient (Wildman–Crippen LogP) is 3.69. The van der Waals surface area contributed by atoms with E-state index >= 15 is 0 Å². The summed E-state index contributed by atoms with van der Waals surface area (Å²) in [6.07, 6.45) is 0. The van der Waals surface area contributed by atoms with Gasteiger partial charge < -0.3 is 5.32 Å². The first-order valence-electron chi connectivity index (χ1n) is 5.06. The number of carbonyl (C=O) groups is 1. The lowest BCUT2D eigenvalue weighted by Crippen LogP contribution is -2.38. The predicted molar refractivity (Wildman–Crippen MR) is 71.0 cm³/mol. The zero-order chi connectivity index (χ0) is 12.3. The smallest absolute Gasteiger partial charge is 0.236 e. The molecular weight excluding hydrogens is 289 g/mol. The van der Waals surface area contributed by atoms with E-state index in [1.807, 2.05) is 45.0 Å². The summed E-state index contributed by atoms with van der Waals surface area (Å²) >= 11 is 9.21. The molecule has 0 saturated heterocycles. The van der Waals surface area contributed by atoms with Crippen molar-refractivity contribution in [2.75, 3.05) is 0 Å². The van der Waals surface area contributed by atoms with Gasteiger partial charge >= 0.3 is 0 Å². The van der Waals surface area contributed by atoms with E-state index in [4.69, 9.17) is 11.6 Å². The van der Waals surface area contributed by atoms with Crippen LogP contribution in [0.25, 0.3) is 0 Å². The lowest BCUT2D eigenvalue weighted by atomic mass is 10.1. The molecule has 2 nitrogen and oxygen atoms in total. The van der Waals surface area contributed by atoms with Crippen molar-refractivity contribution in [1.29, 1.82) is 0 Å². The minimum Gasteiger partial charge on any atom is -0.348 e. The van der Waals surface area contributed by atoms with Gasteiger partial charge in [0.1, 0.15) is 0 Å². The van der Waals surface area contributed by atoms with Gasteiger partial charge in [-0.2, -0.15) is 0 Å². The standard InChI is InChI=1S/C12H15BrClNO/c1-8(15-11(16)12(2,3)13)9-5-4-6-10(14)7-9/h4-8H,1-3H3,(H,15,16). The maximum absolute atomic E-state index is 11.7. The van der Waals surface area contributed by atoms with Gasteiger partial charge in [-0.3, -0.25) is 4.79 Å². The van der Waals surface area contributed by atoms with Crippen LogP contribution in [-0.4, -0.2) is 10.2 Å². The van der Waals surface area contributed by atoms with Gasteiger partial charge in [0, 0.05) is 5.02 Å². The minimum atomic E-state index is -0.556. The van der Waals surface area contributed by atoms with Gasteiger partial charge in [-0.25, -0.2) is 0 Å². The Morgan fingerprint density at radius 1 is 1.50 bits per heavy atom. The molecular formula is C12H15BrClNO. The zero-order valence-electron chi connectivity index (χ0n) is 9.55. The molecule has 1 unspecified atom stereocenters. The summed E-state index contributed by atoms with van der Waals surface area (Å²) in [5.74, 6) is -0.0417. The van der Waals surface area contributed by atoms with Crippen molar-refractivity contribution in [2.45, 2.75) is 31.1 Å². The van der Waals surface area contributed by atoms with Crippen molar-refractivity contribution < 1.29 is 4.79 Å². The quantitative estimate of drug-likeness (QED) is 0.848. The van der Waals surface area contributed by atoms with Gasteiger partial charge in [-0.15, -0.1) is 0 Å². The molecule has 88 valence electrons. The Kier molecular flexibility index (Phi) is 4.39. The maximum atomic E-state index is 11.7. The number of carbonyl (C=O) groups excluding carboxylic acids is 1. The highest BCUT2D eigenvalue weighted by atomic mass is 79.9. The topological polar surface area (TPSA) is 29.1 Å². The van der Waals surface area contributed by atoms with E-state index in [0.29, 0.717) is 5.02 Å². The first kappa shape index (κ1) is 13.5. The van der Waals surface area contributed by atoms with Crippen LogP contribution in [0.2, 0.25) is 5.02 Å². The SMILES string of the molecule is CC(NC(=O)C(C)(C)Br)c1cccc(Cl)c1. The van der Waals surface area contributed by atoms with Crippen molar-refractivity contribution in [1.82, 2.24) is 5.32 Å². The van der Waals surface area contributed by atoms with Gasteiger partial charge in [0.2, 0.25) is 5.91 Å². The third-order valence-electron chi connectivity index (χ3n) is 2.24. The summed E-state index contributed by atoms with van der Waals surface area (Å²) in [7, 11) is 0. The third-order valence-corrected chi connectivity index (χ3v) is 2.83. The molecule has 0 fully saturated rings. The van der Waals surface area contributed by atoms with Crippen LogP contribution in [0.5, 0.6) is 0 Å². The Labute approximate surface area is 110 Å². The summed E-state index contributed by atoms with van der Waals surface area (Å²) in [5, 5.41) is 3.60. The maximum Gasteiger partial charge on any atom is 0.236 e. The van der Waals surface area contributed by atoms with Gasteiger partial charge in [0.15, 0.2) is 0 Å². The lowest BCUT2D eigenvalue weighted by molar-refractivity contribution is -0.123. The molecule has 0 bridgehead atoms. The van der Waals surface area contributed by atoms with Crippen LogP contribution in [-0.2, 0) is 4.79 Å². The highest BCUT2D eigenvalue weighted by molar-refractivity contribution is 9.10. The number of hydrogen-bond donors (Lipinski definition) is 1. The van der Waals surface area contributed by atoms with Gasteiger partial charge in [-0.1, -0.05) is 39.7 Å². The van der Waals surface area contributed by atoms with Crippen molar-refractivity contribution in [3.05, 3.63) is 34.9 Å². The first-order valence-corrected chi connectivity index (χ1v) is 6.23. The number of nitrogens with one attached hydrogen (secondary N) is 1. The highest BCUT2D eigenvalue weighted by Crippen LogP contribution is 2.20. The average molecular weight is 305 g/mol. The Morgan fingerprint density at radius 2 is 2.12 bits per heavy atom. The summed E-state index contributed by atoms with van der Waals surface area (Å²) in [5.41, 5.74) is 0.998. The molecule has 0 saturated carbocycles. The molecule has 1 atom stereocenters. The van der Waals surface area contributed by atoms with Gasteiger partial charge in [0.25, 0.3) is 0 Å². The second-order valence-corrected chi connectivity index (χ2v) is 6.64. The molecule has 1 N–H and O–H groups in total. The van der Waals surface area contributed by atoms with E-state index in [9.17, 15) is 4.79 Å². The number of halogens is 2. The van der Waals surface area contributed by atoms with Crippen LogP contribution in [0.3, 0.4) is 0 Å². The minimum absolute atomic E-state index is 0.0417. The number of alkyl halides is 1. The monoisotopic (exact) mass is 303 g/mol. The Bertz CT molecular complexity index is 387. The van der Waals surface area contributed by atoms with Crippen molar-refractivity contribution >= 4 is 33.4 Å². The molecule has 1 aromatic carbocycles. The van der Waals surface area contributed by atoms with Crippen LogP contribution < -0.4 is 5.32 Å². The van der Waals surface area contributed by atoms with E-state index in [0.717, 1.165) is 5.56 Å². The zero-order valence-corrected chi connectivity index (χ0v) is 11.9. The summed E-state index contributed by atoms with van der Waals surface area (Å²) in [6, 6.07) is 7.43. The second-order valence-electron chi connectivity index (χ2n) is 4.22. The van der Waals surface area contributed by atoms with E-state index in [2.05, 4.69) is 21.2 Å². The molecule has 4 heteroatoms. The fourth-order valence-electron chi connectivity index (χ4n) is 1.23. The number of benzene rings is 1. The molecule has 0 radical (unpaired) electrons. The summed E-state index contributed by atoms with van der Waals surface area (Å²) in [4.78, 5) is 11.7. The van der Waals surface area contributed by atoms with Crippen molar-refractivity contribution in [3.63, 3.8) is 0 Å². The molecule has 0 aliphatic carbocycles. The molecule has 0 aromatic heterocycles. The van der Waals surface area contributed by atoms with E-state index < -0.39 is 4.32 Å². The molecule has 0 aliphatic heterocycles. The van der Waals surface area contributed by atoms with Crippen LogP contribution in [0.1, 0.15) is 32.4 Å². The summed E-state index contributed by atoms with van der Waals surface area (Å²) < 4.78 is -0.556. The average Bonchev–Trinajstić information content (AvgIpc) is 2.16. The number of hydrogen-bond acceptors (Lipinski definition) is 1. The van der Waals surface area contributed by atoms with Crippen LogP contribution in [0, 0.1) is 0 Å². The molecule has 0 spiro atoms. The number of amides is 1.